The zero-order valence-electron chi connectivity index (χ0n) is 14.5. The van der Waals surface area contributed by atoms with E-state index in [2.05, 4.69) is 5.32 Å². The lowest BCUT2D eigenvalue weighted by Gasteiger charge is -2.23. The molecule has 8 heteroatoms. The standard InChI is InChI=1S/C19H19ClN2O5/c20-15-9-8-13(11-17(15)22(24)25)19(23)21-16-6-1-2-7-18(16)27-12-14-5-3-4-10-26-14/h1-2,6-9,11,14H,3-5,10,12H2,(H,21,23). The van der Waals surface area contributed by atoms with Crippen molar-refractivity contribution >= 4 is 28.9 Å². The van der Waals surface area contributed by atoms with Gasteiger partial charge in [-0.1, -0.05) is 23.7 Å². The Morgan fingerprint density at radius 1 is 1.30 bits per heavy atom. The van der Waals surface area contributed by atoms with Gasteiger partial charge in [0.15, 0.2) is 0 Å². The van der Waals surface area contributed by atoms with Crippen LogP contribution < -0.4 is 10.1 Å². The van der Waals surface area contributed by atoms with Crippen LogP contribution >= 0.6 is 11.6 Å². The van der Waals surface area contributed by atoms with Crippen molar-refractivity contribution in [2.75, 3.05) is 18.5 Å². The summed E-state index contributed by atoms with van der Waals surface area (Å²) >= 11 is 5.79. The number of benzene rings is 2. The molecule has 2 aromatic carbocycles. The van der Waals surface area contributed by atoms with E-state index in [1.807, 2.05) is 0 Å². The van der Waals surface area contributed by atoms with Crippen LogP contribution in [0.15, 0.2) is 42.5 Å². The van der Waals surface area contributed by atoms with Gasteiger partial charge in [-0.05, 0) is 43.5 Å². The number of hydrogen-bond donors (Lipinski definition) is 1. The van der Waals surface area contributed by atoms with E-state index in [0.717, 1.165) is 31.9 Å². The van der Waals surface area contributed by atoms with E-state index in [1.165, 1.54) is 12.1 Å². The normalized spacial score (nSPS) is 16.6. The highest BCUT2D eigenvalue weighted by Gasteiger charge is 2.18. The van der Waals surface area contributed by atoms with Crippen LogP contribution in [0.25, 0.3) is 0 Å². The minimum atomic E-state index is -0.625. The minimum absolute atomic E-state index is 0.0206. The number of nitro groups is 1. The second-order valence-electron chi connectivity index (χ2n) is 6.17. The van der Waals surface area contributed by atoms with Crippen LogP contribution in [-0.2, 0) is 4.74 Å². The SMILES string of the molecule is O=C(Nc1ccccc1OCC1CCCCO1)c1ccc(Cl)c([N+](=O)[O-])c1. The number of ether oxygens (including phenoxy) is 2. The molecule has 0 bridgehead atoms. The van der Waals surface area contributed by atoms with Gasteiger partial charge in [0.2, 0.25) is 0 Å². The van der Waals surface area contributed by atoms with Crippen molar-refractivity contribution in [3.63, 3.8) is 0 Å². The van der Waals surface area contributed by atoms with E-state index in [9.17, 15) is 14.9 Å². The van der Waals surface area contributed by atoms with E-state index in [0.29, 0.717) is 18.0 Å². The molecular formula is C19H19ClN2O5. The third kappa shape index (κ3) is 4.96. The van der Waals surface area contributed by atoms with Crippen LogP contribution in [0, 0.1) is 10.1 Å². The van der Waals surface area contributed by atoms with Gasteiger partial charge in [-0.15, -0.1) is 0 Å². The highest BCUT2D eigenvalue weighted by molar-refractivity contribution is 6.32. The molecule has 0 spiro atoms. The molecule has 0 aromatic heterocycles. The Hall–Kier alpha value is -2.64. The summed E-state index contributed by atoms with van der Waals surface area (Å²) < 4.78 is 11.5. The lowest BCUT2D eigenvalue weighted by Crippen LogP contribution is -2.26. The average Bonchev–Trinajstić information content (AvgIpc) is 2.68. The van der Waals surface area contributed by atoms with Crippen LogP contribution in [0.5, 0.6) is 5.75 Å². The van der Waals surface area contributed by atoms with Gasteiger partial charge in [0.25, 0.3) is 11.6 Å². The quantitative estimate of drug-likeness (QED) is 0.581. The van der Waals surface area contributed by atoms with E-state index in [-0.39, 0.29) is 22.4 Å². The summed E-state index contributed by atoms with van der Waals surface area (Å²) in [7, 11) is 0. The maximum Gasteiger partial charge on any atom is 0.288 e. The molecule has 1 N–H and O–H groups in total. The first-order valence-corrected chi connectivity index (χ1v) is 9.01. The van der Waals surface area contributed by atoms with Crippen molar-refractivity contribution in [1.82, 2.24) is 0 Å². The zero-order chi connectivity index (χ0) is 19.2. The largest absolute Gasteiger partial charge is 0.489 e. The summed E-state index contributed by atoms with van der Waals surface area (Å²) in [4.78, 5) is 22.9. The summed E-state index contributed by atoms with van der Waals surface area (Å²) in [6.07, 6.45) is 3.17. The van der Waals surface area contributed by atoms with E-state index >= 15 is 0 Å². The summed E-state index contributed by atoms with van der Waals surface area (Å²) in [6, 6.07) is 10.9. The Morgan fingerprint density at radius 3 is 2.85 bits per heavy atom. The van der Waals surface area contributed by atoms with Gasteiger partial charge < -0.3 is 14.8 Å². The van der Waals surface area contributed by atoms with Crippen molar-refractivity contribution in [3.8, 4) is 5.75 Å². The molecule has 2 aromatic rings. The predicted octanol–water partition coefficient (Wildman–Crippen LogP) is 4.45. The molecule has 27 heavy (non-hydrogen) atoms. The molecule has 1 aliphatic heterocycles. The van der Waals surface area contributed by atoms with E-state index in [4.69, 9.17) is 21.1 Å². The third-order valence-electron chi connectivity index (χ3n) is 4.24. The lowest BCUT2D eigenvalue weighted by molar-refractivity contribution is -0.384. The van der Waals surface area contributed by atoms with Gasteiger partial charge in [0.05, 0.1) is 16.7 Å². The molecular weight excluding hydrogens is 372 g/mol. The first kappa shape index (κ1) is 19.1. The maximum atomic E-state index is 12.5. The molecule has 0 radical (unpaired) electrons. The van der Waals surface area contributed by atoms with Crippen LogP contribution in [-0.4, -0.2) is 30.1 Å². The zero-order valence-corrected chi connectivity index (χ0v) is 15.3. The number of hydrogen-bond acceptors (Lipinski definition) is 5. The second kappa shape index (κ2) is 8.83. The van der Waals surface area contributed by atoms with Crippen molar-refractivity contribution in [1.29, 1.82) is 0 Å². The Bertz CT molecular complexity index is 837. The molecule has 3 rings (SSSR count). The predicted molar refractivity (Wildman–Crippen MR) is 102 cm³/mol. The number of rotatable bonds is 6. The van der Waals surface area contributed by atoms with Gasteiger partial charge in [-0.2, -0.15) is 0 Å². The average molecular weight is 391 g/mol. The summed E-state index contributed by atoms with van der Waals surface area (Å²) in [5.41, 5.74) is 0.302. The molecule has 0 aliphatic carbocycles. The van der Waals surface area contributed by atoms with Crippen LogP contribution in [0.4, 0.5) is 11.4 Å². The molecule has 1 saturated heterocycles. The highest BCUT2D eigenvalue weighted by atomic mass is 35.5. The molecule has 1 heterocycles. The molecule has 1 fully saturated rings. The number of nitrogens with zero attached hydrogens (tertiary/aromatic N) is 1. The van der Waals surface area contributed by atoms with Gasteiger partial charge >= 0.3 is 0 Å². The smallest absolute Gasteiger partial charge is 0.288 e. The number of nitro benzene ring substituents is 1. The number of para-hydroxylation sites is 2. The van der Waals surface area contributed by atoms with Crippen LogP contribution in [0.1, 0.15) is 29.6 Å². The fourth-order valence-corrected chi connectivity index (χ4v) is 2.99. The highest BCUT2D eigenvalue weighted by Crippen LogP contribution is 2.28. The number of halogens is 1. The van der Waals surface area contributed by atoms with Gasteiger partial charge in [-0.3, -0.25) is 14.9 Å². The van der Waals surface area contributed by atoms with Gasteiger partial charge in [0.1, 0.15) is 17.4 Å². The van der Waals surface area contributed by atoms with E-state index < -0.39 is 10.8 Å². The Labute approximate surface area is 161 Å². The van der Waals surface area contributed by atoms with Crippen LogP contribution in [0.2, 0.25) is 5.02 Å². The fourth-order valence-electron chi connectivity index (χ4n) is 2.81. The van der Waals surface area contributed by atoms with Gasteiger partial charge in [0, 0.05) is 18.2 Å². The first-order chi connectivity index (χ1) is 13.0. The number of nitrogens with one attached hydrogen (secondary N) is 1. The molecule has 1 aliphatic rings. The number of carbonyl (C=O) groups excluding carboxylic acids is 1. The Kier molecular flexibility index (Phi) is 6.26. The monoisotopic (exact) mass is 390 g/mol. The van der Waals surface area contributed by atoms with E-state index in [1.54, 1.807) is 24.3 Å². The second-order valence-corrected chi connectivity index (χ2v) is 6.58. The molecule has 1 atom stereocenters. The number of anilines is 1. The van der Waals surface area contributed by atoms with Crippen molar-refractivity contribution < 1.29 is 19.2 Å². The molecule has 1 unspecified atom stereocenters. The molecule has 142 valence electrons. The van der Waals surface area contributed by atoms with Crippen molar-refractivity contribution in [2.45, 2.75) is 25.4 Å². The first-order valence-electron chi connectivity index (χ1n) is 8.63. The molecule has 0 saturated carbocycles. The van der Waals surface area contributed by atoms with Gasteiger partial charge in [-0.25, -0.2) is 0 Å². The fraction of sp³-hybridized carbons (Fsp3) is 0.316. The van der Waals surface area contributed by atoms with Crippen LogP contribution in [0.3, 0.4) is 0 Å². The lowest BCUT2D eigenvalue weighted by atomic mass is 10.1. The van der Waals surface area contributed by atoms with Crippen molar-refractivity contribution in [2.24, 2.45) is 0 Å². The summed E-state index contributed by atoms with van der Waals surface area (Å²) in [5.74, 6) is 0.0308. The topological polar surface area (TPSA) is 90.7 Å². The third-order valence-corrected chi connectivity index (χ3v) is 4.56. The summed E-state index contributed by atoms with van der Waals surface area (Å²) in [5, 5.41) is 13.7. The molecule has 1 amide bonds. The molecule has 7 nitrogen and oxygen atoms in total. The number of carbonyl (C=O) groups is 1. The minimum Gasteiger partial charge on any atom is -0.489 e. The maximum absolute atomic E-state index is 12.5. The van der Waals surface area contributed by atoms with Crippen molar-refractivity contribution in [3.05, 3.63) is 63.2 Å². The Balaban J connectivity index is 1.71. The number of amides is 1. The Morgan fingerprint density at radius 2 is 2.11 bits per heavy atom. The summed E-state index contributed by atoms with van der Waals surface area (Å²) in [6.45, 7) is 1.14.